The summed E-state index contributed by atoms with van der Waals surface area (Å²) in [6.07, 6.45) is -1.28. The average molecular weight is 305 g/mol. The molecule has 2 aromatic rings. The lowest BCUT2D eigenvalue weighted by Crippen LogP contribution is -2.30. The van der Waals surface area contributed by atoms with E-state index in [9.17, 15) is 14.4 Å². The molecule has 0 fully saturated rings. The molecule has 21 heavy (non-hydrogen) atoms. The Morgan fingerprint density at radius 3 is 2.43 bits per heavy atom. The molecule has 0 bridgehead atoms. The van der Waals surface area contributed by atoms with Gasteiger partial charge in [-0.15, -0.1) is 11.3 Å². The predicted octanol–water partition coefficient (Wildman–Crippen LogP) is 1.93. The molecule has 0 unspecified atom stereocenters. The Morgan fingerprint density at radius 2 is 1.86 bits per heavy atom. The van der Waals surface area contributed by atoms with E-state index in [1.165, 1.54) is 17.4 Å². The third kappa shape index (κ3) is 3.57. The number of primary amides is 1. The first-order valence-electron chi connectivity index (χ1n) is 5.76. The molecule has 8 heteroatoms. The molecular formula is C13H11N3O4S. The van der Waals surface area contributed by atoms with Crippen molar-refractivity contribution in [1.82, 2.24) is 0 Å². The van der Waals surface area contributed by atoms with Crippen molar-refractivity contribution in [1.29, 1.82) is 0 Å². The number of nitrogens with two attached hydrogens (primary N) is 1. The van der Waals surface area contributed by atoms with Gasteiger partial charge in [-0.1, -0.05) is 12.1 Å². The van der Waals surface area contributed by atoms with Crippen LogP contribution in [0.15, 0.2) is 35.7 Å². The fraction of sp³-hybridized carbons (Fsp3) is 0. The SMILES string of the molecule is NC(=O)C(=O)Nc1cc(-c2cccs2)ccc1NC(=O)O. The van der Waals surface area contributed by atoms with Gasteiger partial charge in [-0.25, -0.2) is 4.79 Å². The topological polar surface area (TPSA) is 122 Å². The van der Waals surface area contributed by atoms with Gasteiger partial charge in [0.15, 0.2) is 0 Å². The first-order chi connectivity index (χ1) is 9.97. The molecule has 1 heterocycles. The van der Waals surface area contributed by atoms with Crippen LogP contribution in [0.4, 0.5) is 16.2 Å². The number of carboxylic acid groups (broad SMARTS) is 1. The minimum absolute atomic E-state index is 0.150. The average Bonchev–Trinajstić information content (AvgIpc) is 2.94. The van der Waals surface area contributed by atoms with Gasteiger partial charge < -0.3 is 16.2 Å². The second-order valence-electron chi connectivity index (χ2n) is 3.99. The molecule has 0 aliphatic carbocycles. The number of benzene rings is 1. The fourth-order valence-corrected chi connectivity index (χ4v) is 2.38. The zero-order chi connectivity index (χ0) is 15.4. The molecule has 0 spiro atoms. The number of thiophene rings is 1. The van der Waals surface area contributed by atoms with Crippen molar-refractivity contribution < 1.29 is 19.5 Å². The maximum absolute atomic E-state index is 11.4. The first kappa shape index (κ1) is 14.5. The number of hydrogen-bond acceptors (Lipinski definition) is 4. The lowest BCUT2D eigenvalue weighted by Gasteiger charge is -2.11. The molecule has 7 nitrogen and oxygen atoms in total. The summed E-state index contributed by atoms with van der Waals surface area (Å²) in [7, 11) is 0. The molecule has 0 saturated carbocycles. The minimum atomic E-state index is -1.28. The maximum atomic E-state index is 11.4. The van der Waals surface area contributed by atoms with Crippen molar-refractivity contribution in [2.75, 3.05) is 10.6 Å². The Labute approximate surface area is 123 Å². The summed E-state index contributed by atoms with van der Waals surface area (Å²) in [4.78, 5) is 33.9. The van der Waals surface area contributed by atoms with Gasteiger partial charge in [0, 0.05) is 4.88 Å². The summed E-state index contributed by atoms with van der Waals surface area (Å²) in [6, 6.07) is 8.52. The third-order valence-corrected chi connectivity index (χ3v) is 3.46. The van der Waals surface area contributed by atoms with Crippen molar-refractivity contribution in [3.8, 4) is 10.4 Å². The van der Waals surface area contributed by atoms with Crippen LogP contribution in [0.3, 0.4) is 0 Å². The van der Waals surface area contributed by atoms with E-state index < -0.39 is 17.9 Å². The Balaban J connectivity index is 2.40. The molecule has 3 amide bonds. The fourth-order valence-electron chi connectivity index (χ4n) is 1.65. The van der Waals surface area contributed by atoms with Crippen LogP contribution in [0.1, 0.15) is 0 Å². The van der Waals surface area contributed by atoms with Gasteiger partial charge in [0.2, 0.25) is 0 Å². The van der Waals surface area contributed by atoms with Crippen molar-refractivity contribution in [2.24, 2.45) is 5.73 Å². The summed E-state index contributed by atoms with van der Waals surface area (Å²) in [6.45, 7) is 0. The van der Waals surface area contributed by atoms with Gasteiger partial charge >= 0.3 is 17.9 Å². The van der Waals surface area contributed by atoms with Crippen molar-refractivity contribution in [2.45, 2.75) is 0 Å². The largest absolute Gasteiger partial charge is 0.465 e. The van der Waals surface area contributed by atoms with E-state index in [1.54, 1.807) is 12.1 Å². The van der Waals surface area contributed by atoms with Gasteiger partial charge in [0.1, 0.15) is 0 Å². The summed E-state index contributed by atoms with van der Waals surface area (Å²) >= 11 is 1.49. The van der Waals surface area contributed by atoms with Crippen LogP contribution in [0, 0.1) is 0 Å². The number of rotatable bonds is 3. The number of carbonyl (C=O) groups excluding carboxylic acids is 2. The second-order valence-corrected chi connectivity index (χ2v) is 4.93. The van der Waals surface area contributed by atoms with Crippen LogP contribution in [0.5, 0.6) is 0 Å². The van der Waals surface area contributed by atoms with E-state index >= 15 is 0 Å². The molecule has 0 radical (unpaired) electrons. The van der Waals surface area contributed by atoms with E-state index in [0.29, 0.717) is 0 Å². The van der Waals surface area contributed by atoms with Gasteiger partial charge in [0.25, 0.3) is 0 Å². The quantitative estimate of drug-likeness (QED) is 0.647. The summed E-state index contributed by atoms with van der Waals surface area (Å²) in [5, 5.41) is 15.1. The molecule has 108 valence electrons. The van der Waals surface area contributed by atoms with Crippen LogP contribution in [0.2, 0.25) is 0 Å². The van der Waals surface area contributed by atoms with Gasteiger partial charge in [-0.3, -0.25) is 14.9 Å². The normalized spacial score (nSPS) is 9.90. The second kappa shape index (κ2) is 6.06. The van der Waals surface area contributed by atoms with Crippen LogP contribution in [-0.4, -0.2) is 23.0 Å². The van der Waals surface area contributed by atoms with Crippen LogP contribution >= 0.6 is 11.3 Å². The van der Waals surface area contributed by atoms with Crippen molar-refractivity contribution in [3.63, 3.8) is 0 Å². The Morgan fingerprint density at radius 1 is 1.10 bits per heavy atom. The molecule has 0 aliphatic heterocycles. The highest BCUT2D eigenvalue weighted by Gasteiger charge is 2.14. The molecule has 0 saturated heterocycles. The van der Waals surface area contributed by atoms with Gasteiger partial charge in [-0.05, 0) is 29.1 Å². The van der Waals surface area contributed by atoms with Gasteiger partial charge in [-0.2, -0.15) is 0 Å². The van der Waals surface area contributed by atoms with Crippen LogP contribution < -0.4 is 16.4 Å². The maximum Gasteiger partial charge on any atom is 0.409 e. The standard InChI is InChI=1S/C13H11N3O4S/c14-11(17)12(18)15-9-6-7(10-2-1-5-21-10)3-4-8(9)16-13(19)20/h1-6,16H,(H2,14,17)(H,15,18)(H,19,20). The summed E-state index contributed by atoms with van der Waals surface area (Å²) in [5.41, 5.74) is 5.97. The molecule has 1 aromatic heterocycles. The minimum Gasteiger partial charge on any atom is -0.465 e. The highest BCUT2D eigenvalue weighted by Crippen LogP contribution is 2.31. The molecule has 5 N–H and O–H groups in total. The first-order valence-corrected chi connectivity index (χ1v) is 6.64. The van der Waals surface area contributed by atoms with Gasteiger partial charge in [0.05, 0.1) is 11.4 Å². The lowest BCUT2D eigenvalue weighted by molar-refractivity contribution is -0.134. The zero-order valence-corrected chi connectivity index (χ0v) is 11.4. The number of hydrogen-bond donors (Lipinski definition) is 4. The number of amides is 3. The number of anilines is 2. The highest BCUT2D eigenvalue weighted by molar-refractivity contribution is 7.13. The summed E-state index contributed by atoms with van der Waals surface area (Å²) in [5.74, 6) is -2.18. The number of nitrogens with one attached hydrogen (secondary N) is 2. The zero-order valence-electron chi connectivity index (χ0n) is 10.6. The predicted molar refractivity (Wildman–Crippen MR) is 79.2 cm³/mol. The lowest BCUT2D eigenvalue weighted by atomic mass is 10.1. The molecule has 1 aromatic carbocycles. The molecular weight excluding hydrogens is 294 g/mol. The van der Waals surface area contributed by atoms with E-state index in [1.807, 2.05) is 17.5 Å². The van der Waals surface area contributed by atoms with Crippen LogP contribution in [-0.2, 0) is 9.59 Å². The number of carbonyl (C=O) groups is 3. The smallest absolute Gasteiger partial charge is 0.409 e. The van der Waals surface area contributed by atoms with E-state index in [-0.39, 0.29) is 11.4 Å². The highest BCUT2D eigenvalue weighted by atomic mass is 32.1. The molecule has 0 aliphatic rings. The van der Waals surface area contributed by atoms with Crippen molar-refractivity contribution >= 4 is 40.6 Å². The van der Waals surface area contributed by atoms with E-state index in [0.717, 1.165) is 10.4 Å². The Bertz CT molecular complexity index is 697. The van der Waals surface area contributed by atoms with Crippen LogP contribution in [0.25, 0.3) is 10.4 Å². The Hall–Kier alpha value is -2.87. The van der Waals surface area contributed by atoms with E-state index in [4.69, 9.17) is 10.8 Å². The van der Waals surface area contributed by atoms with Crippen molar-refractivity contribution in [3.05, 3.63) is 35.7 Å². The third-order valence-electron chi connectivity index (χ3n) is 2.54. The Kier molecular flexibility index (Phi) is 4.19. The van der Waals surface area contributed by atoms with E-state index in [2.05, 4.69) is 10.6 Å². The monoisotopic (exact) mass is 305 g/mol. The molecule has 2 rings (SSSR count). The summed E-state index contributed by atoms with van der Waals surface area (Å²) < 4.78 is 0. The molecule has 0 atom stereocenters.